The van der Waals surface area contributed by atoms with E-state index in [-0.39, 0.29) is 12.5 Å². The monoisotopic (exact) mass is 239 g/mol. The number of aliphatic hydroxyl groups excluding tert-OH is 1. The highest BCUT2D eigenvalue weighted by Gasteiger charge is 2.22. The molecule has 1 aliphatic heterocycles. The minimum absolute atomic E-state index is 0.0442. The lowest BCUT2D eigenvalue weighted by molar-refractivity contribution is -0.135. The van der Waals surface area contributed by atoms with Crippen LogP contribution in [-0.2, 0) is 17.9 Å². The molecule has 17 heavy (non-hydrogen) atoms. The highest BCUT2D eigenvalue weighted by molar-refractivity contribution is 5.76. The van der Waals surface area contributed by atoms with Crippen LogP contribution in [-0.4, -0.2) is 50.1 Å². The van der Waals surface area contributed by atoms with E-state index >= 15 is 0 Å². The molecular weight excluding hydrogens is 222 g/mol. The fourth-order valence-electron chi connectivity index (χ4n) is 1.93. The number of nitrogens with zero attached hydrogens (tertiary/aromatic N) is 4. The molecule has 1 aromatic heterocycles. The van der Waals surface area contributed by atoms with E-state index in [9.17, 15) is 9.90 Å². The first kappa shape index (κ1) is 12.0. The van der Waals surface area contributed by atoms with E-state index in [0.717, 1.165) is 12.8 Å². The zero-order chi connectivity index (χ0) is 12.3. The number of hydrogen-bond acceptors (Lipinski definition) is 5. The van der Waals surface area contributed by atoms with Gasteiger partial charge in [0.25, 0.3) is 0 Å². The number of aromatic nitrogens is 3. The van der Waals surface area contributed by atoms with Crippen molar-refractivity contribution in [3.8, 4) is 0 Å². The van der Waals surface area contributed by atoms with Gasteiger partial charge in [0.05, 0.1) is 18.0 Å². The van der Waals surface area contributed by atoms with Crippen molar-refractivity contribution in [2.45, 2.75) is 32.0 Å². The maximum atomic E-state index is 11.9. The Balaban J connectivity index is 1.91. The first-order valence-corrected chi connectivity index (χ1v) is 5.74. The SMILES string of the molecule is NCc1cn(CC(=O)N2CCC[C@H](O)C2)nn1. The number of carbonyl (C=O) groups is 1. The lowest BCUT2D eigenvalue weighted by atomic mass is 10.1. The smallest absolute Gasteiger partial charge is 0.244 e. The molecule has 7 heteroatoms. The molecule has 1 amide bonds. The molecule has 94 valence electrons. The first-order valence-electron chi connectivity index (χ1n) is 5.74. The van der Waals surface area contributed by atoms with Gasteiger partial charge in [-0.3, -0.25) is 4.79 Å². The normalized spacial score (nSPS) is 20.6. The Morgan fingerprint density at radius 3 is 3.12 bits per heavy atom. The lowest BCUT2D eigenvalue weighted by Crippen LogP contribution is -2.43. The Bertz CT molecular complexity index is 392. The van der Waals surface area contributed by atoms with Gasteiger partial charge in [0.2, 0.25) is 5.91 Å². The number of piperidine rings is 1. The van der Waals surface area contributed by atoms with Crippen LogP contribution in [0.4, 0.5) is 0 Å². The summed E-state index contributed by atoms with van der Waals surface area (Å²) in [5.41, 5.74) is 6.07. The number of carbonyl (C=O) groups excluding carboxylic acids is 1. The molecule has 0 unspecified atom stereocenters. The van der Waals surface area contributed by atoms with E-state index in [1.807, 2.05) is 0 Å². The molecule has 0 aliphatic carbocycles. The maximum Gasteiger partial charge on any atom is 0.244 e. The largest absolute Gasteiger partial charge is 0.391 e. The molecule has 1 atom stereocenters. The number of hydrogen-bond donors (Lipinski definition) is 2. The standard InChI is InChI=1S/C10H17N5O2/c11-4-8-5-15(13-12-8)7-10(17)14-3-1-2-9(16)6-14/h5,9,16H,1-4,6-7,11H2/t9-/m0/s1. The van der Waals surface area contributed by atoms with Crippen molar-refractivity contribution in [2.75, 3.05) is 13.1 Å². The van der Waals surface area contributed by atoms with E-state index < -0.39 is 6.10 Å². The number of rotatable bonds is 3. The Morgan fingerprint density at radius 2 is 2.47 bits per heavy atom. The van der Waals surface area contributed by atoms with Gasteiger partial charge >= 0.3 is 0 Å². The molecule has 0 radical (unpaired) electrons. The third kappa shape index (κ3) is 3.01. The predicted octanol–water partition coefficient (Wildman–Crippen LogP) is -1.28. The second-order valence-electron chi connectivity index (χ2n) is 4.25. The first-order chi connectivity index (χ1) is 8.19. The average molecular weight is 239 g/mol. The van der Waals surface area contributed by atoms with Crippen LogP contribution in [0.1, 0.15) is 18.5 Å². The van der Waals surface area contributed by atoms with E-state index in [4.69, 9.17) is 5.73 Å². The van der Waals surface area contributed by atoms with Crippen molar-refractivity contribution in [1.82, 2.24) is 19.9 Å². The third-order valence-corrected chi connectivity index (χ3v) is 2.84. The van der Waals surface area contributed by atoms with Gasteiger partial charge < -0.3 is 15.7 Å². The molecule has 0 aromatic carbocycles. The van der Waals surface area contributed by atoms with Crippen LogP contribution in [0.2, 0.25) is 0 Å². The number of β-amino-alcohol motifs (C(OH)–C–C–N with tert-alkyl or cyclic N) is 1. The van der Waals surface area contributed by atoms with Crippen molar-refractivity contribution in [1.29, 1.82) is 0 Å². The molecule has 0 spiro atoms. The van der Waals surface area contributed by atoms with Gasteiger partial charge in [0.1, 0.15) is 6.54 Å². The van der Waals surface area contributed by atoms with E-state index in [2.05, 4.69) is 10.3 Å². The fraction of sp³-hybridized carbons (Fsp3) is 0.700. The zero-order valence-corrected chi connectivity index (χ0v) is 9.62. The average Bonchev–Trinajstić information content (AvgIpc) is 2.77. The van der Waals surface area contributed by atoms with Crippen molar-refractivity contribution >= 4 is 5.91 Å². The molecule has 3 N–H and O–H groups in total. The highest BCUT2D eigenvalue weighted by Crippen LogP contribution is 2.10. The zero-order valence-electron chi connectivity index (χ0n) is 9.62. The van der Waals surface area contributed by atoms with Crippen LogP contribution >= 0.6 is 0 Å². The van der Waals surface area contributed by atoms with Crippen LogP contribution in [0.5, 0.6) is 0 Å². The summed E-state index contributed by atoms with van der Waals surface area (Å²) in [6, 6.07) is 0. The summed E-state index contributed by atoms with van der Waals surface area (Å²) in [6.45, 7) is 1.59. The summed E-state index contributed by atoms with van der Waals surface area (Å²) in [5, 5.41) is 17.1. The number of likely N-dealkylation sites (tertiary alicyclic amines) is 1. The van der Waals surface area contributed by atoms with Crippen LogP contribution in [0, 0.1) is 0 Å². The Kier molecular flexibility index (Phi) is 3.70. The van der Waals surface area contributed by atoms with Gasteiger partial charge in [-0.25, -0.2) is 4.68 Å². The van der Waals surface area contributed by atoms with Crippen LogP contribution in [0.3, 0.4) is 0 Å². The second kappa shape index (κ2) is 5.24. The van der Waals surface area contributed by atoms with E-state index in [1.165, 1.54) is 4.68 Å². The molecule has 1 aromatic rings. The van der Waals surface area contributed by atoms with Crippen molar-refractivity contribution in [3.05, 3.63) is 11.9 Å². The summed E-state index contributed by atoms with van der Waals surface area (Å²) in [7, 11) is 0. The maximum absolute atomic E-state index is 11.9. The van der Waals surface area contributed by atoms with Gasteiger partial charge in [0, 0.05) is 19.6 Å². The summed E-state index contributed by atoms with van der Waals surface area (Å²) in [5.74, 6) is -0.0442. The van der Waals surface area contributed by atoms with E-state index in [1.54, 1.807) is 11.1 Å². The van der Waals surface area contributed by atoms with Gasteiger partial charge in [-0.05, 0) is 12.8 Å². The molecule has 2 rings (SSSR count). The predicted molar refractivity (Wildman–Crippen MR) is 59.7 cm³/mol. The summed E-state index contributed by atoms with van der Waals surface area (Å²) in [4.78, 5) is 13.6. The number of aliphatic hydroxyl groups is 1. The van der Waals surface area contributed by atoms with Gasteiger partial charge in [-0.1, -0.05) is 5.21 Å². The summed E-state index contributed by atoms with van der Waals surface area (Å²) in [6.07, 6.45) is 2.88. The quantitative estimate of drug-likeness (QED) is 0.684. The van der Waals surface area contributed by atoms with Crippen molar-refractivity contribution in [2.24, 2.45) is 5.73 Å². The lowest BCUT2D eigenvalue weighted by Gasteiger charge is -2.29. The topological polar surface area (TPSA) is 97.3 Å². The summed E-state index contributed by atoms with van der Waals surface area (Å²) < 4.78 is 1.48. The molecule has 1 aliphatic rings. The van der Waals surface area contributed by atoms with Gasteiger partial charge in [-0.15, -0.1) is 5.10 Å². The van der Waals surface area contributed by atoms with E-state index in [0.29, 0.717) is 25.3 Å². The Morgan fingerprint density at radius 1 is 1.65 bits per heavy atom. The highest BCUT2D eigenvalue weighted by atomic mass is 16.3. The fourth-order valence-corrected chi connectivity index (χ4v) is 1.93. The number of amides is 1. The second-order valence-corrected chi connectivity index (χ2v) is 4.25. The molecule has 0 bridgehead atoms. The number of nitrogens with two attached hydrogens (primary N) is 1. The molecular formula is C10H17N5O2. The van der Waals surface area contributed by atoms with Crippen LogP contribution < -0.4 is 5.73 Å². The van der Waals surface area contributed by atoms with Crippen LogP contribution in [0.15, 0.2) is 6.20 Å². The van der Waals surface area contributed by atoms with Gasteiger partial charge in [-0.2, -0.15) is 0 Å². The van der Waals surface area contributed by atoms with Crippen molar-refractivity contribution < 1.29 is 9.90 Å². The van der Waals surface area contributed by atoms with Crippen molar-refractivity contribution in [3.63, 3.8) is 0 Å². The molecule has 2 heterocycles. The Labute approximate surface area is 99.2 Å². The minimum Gasteiger partial charge on any atom is -0.391 e. The summed E-state index contributed by atoms with van der Waals surface area (Å²) >= 11 is 0. The van der Waals surface area contributed by atoms with Gasteiger partial charge in [0.15, 0.2) is 0 Å². The molecule has 1 fully saturated rings. The third-order valence-electron chi connectivity index (χ3n) is 2.84. The molecule has 7 nitrogen and oxygen atoms in total. The minimum atomic E-state index is -0.400. The van der Waals surface area contributed by atoms with Crippen LogP contribution in [0.25, 0.3) is 0 Å². The molecule has 1 saturated heterocycles. The Hall–Kier alpha value is -1.47. The molecule has 0 saturated carbocycles.